The molecule has 0 atom stereocenters. The molecule has 0 spiro atoms. The van der Waals surface area contributed by atoms with Crippen molar-refractivity contribution in [2.24, 2.45) is 0 Å². The molecule has 2 aromatic carbocycles. The van der Waals surface area contributed by atoms with Gasteiger partial charge in [0.05, 0.1) is 32.2 Å². The molecule has 0 heterocycles. The number of rotatable bonds is 6. The molecule has 0 aliphatic carbocycles. The number of hydrogen-bond acceptors (Lipinski definition) is 5. The van der Waals surface area contributed by atoms with Gasteiger partial charge in [-0.2, -0.15) is 13.2 Å². The first-order chi connectivity index (χ1) is 13.4. The van der Waals surface area contributed by atoms with E-state index in [0.717, 1.165) is 4.90 Å². The molecule has 0 saturated heterocycles. The molecule has 7 nitrogen and oxygen atoms in total. The Bertz CT molecular complexity index is 966. The topological polar surface area (TPSA) is 89.5 Å². The number of anilines is 2. The van der Waals surface area contributed by atoms with Crippen LogP contribution in [0.5, 0.6) is 0 Å². The van der Waals surface area contributed by atoms with E-state index in [4.69, 9.17) is 11.6 Å². The smallest absolute Gasteiger partial charge is 0.333 e. The minimum Gasteiger partial charge on any atom is -0.333 e. The van der Waals surface area contributed by atoms with Crippen LogP contribution in [-0.4, -0.2) is 16.4 Å². The van der Waals surface area contributed by atoms with Crippen LogP contribution in [0.1, 0.15) is 18.9 Å². The summed E-state index contributed by atoms with van der Waals surface area (Å²) in [6, 6.07) is 3.74. The lowest BCUT2D eigenvalue weighted by Crippen LogP contribution is -2.24. The fraction of sp³-hybridized carbons (Fsp3) is 0.250. The number of alkyl halides is 3. The van der Waals surface area contributed by atoms with Crippen LogP contribution in [0.25, 0.3) is 0 Å². The first kappa shape index (κ1) is 23.4. The average Bonchev–Trinajstić information content (AvgIpc) is 2.58. The monoisotopic (exact) mass is 559 g/mol. The van der Waals surface area contributed by atoms with Gasteiger partial charge in [0.2, 0.25) is 0 Å². The summed E-state index contributed by atoms with van der Waals surface area (Å²) in [5.74, 6) is 0. The van der Waals surface area contributed by atoms with Gasteiger partial charge in [-0.25, -0.2) is 0 Å². The Balaban J connectivity index is 2.98. The van der Waals surface area contributed by atoms with Gasteiger partial charge < -0.3 is 4.90 Å². The molecule has 0 bridgehead atoms. The molecule has 13 heteroatoms. The molecule has 0 unspecified atom stereocenters. The van der Waals surface area contributed by atoms with E-state index in [9.17, 15) is 33.4 Å². The van der Waals surface area contributed by atoms with Gasteiger partial charge in [-0.05, 0) is 34.5 Å². The van der Waals surface area contributed by atoms with E-state index in [0.29, 0.717) is 17.0 Å². The summed E-state index contributed by atoms with van der Waals surface area (Å²) >= 11 is 12.7. The van der Waals surface area contributed by atoms with Gasteiger partial charge in [0, 0.05) is 21.6 Å². The van der Waals surface area contributed by atoms with Gasteiger partial charge in [-0.1, -0.05) is 34.5 Å². The van der Waals surface area contributed by atoms with E-state index >= 15 is 0 Å². The minimum absolute atomic E-state index is 0.0282. The normalized spacial score (nSPS) is 11.4. The highest BCUT2D eigenvalue weighted by atomic mass is 79.9. The summed E-state index contributed by atoms with van der Waals surface area (Å²) < 4.78 is 42.2. The van der Waals surface area contributed by atoms with E-state index in [1.807, 2.05) is 0 Å². The van der Waals surface area contributed by atoms with Crippen molar-refractivity contribution in [3.63, 3.8) is 0 Å². The van der Waals surface area contributed by atoms with E-state index in [1.54, 1.807) is 6.92 Å². The zero-order chi connectivity index (χ0) is 22.1. The third-order valence-electron chi connectivity index (χ3n) is 3.76. The molecule has 0 saturated carbocycles. The van der Waals surface area contributed by atoms with Crippen LogP contribution in [0.4, 0.5) is 35.9 Å². The summed E-state index contributed by atoms with van der Waals surface area (Å²) in [7, 11) is 0. The Morgan fingerprint density at radius 3 is 2.14 bits per heavy atom. The highest BCUT2D eigenvalue weighted by molar-refractivity contribution is 9.11. The number of benzene rings is 2. The number of hydrogen-bond donors (Lipinski definition) is 0. The minimum atomic E-state index is -5.09. The second kappa shape index (κ2) is 8.84. The molecule has 0 N–H and O–H groups in total. The number of nitro groups is 2. The lowest BCUT2D eigenvalue weighted by molar-refractivity contribution is -0.394. The summed E-state index contributed by atoms with van der Waals surface area (Å²) in [6.45, 7) is 1.60. The zero-order valence-corrected chi connectivity index (χ0v) is 18.4. The van der Waals surface area contributed by atoms with Crippen LogP contribution in [0, 0.1) is 20.2 Å². The molecular formula is C16H11Br2ClF3N3O4. The molecular weight excluding hydrogens is 550 g/mol. The van der Waals surface area contributed by atoms with Gasteiger partial charge >= 0.3 is 6.18 Å². The maximum absolute atomic E-state index is 13.8. The lowest BCUT2D eigenvalue weighted by atomic mass is 10.1. The largest absolute Gasteiger partial charge is 0.418 e. The van der Waals surface area contributed by atoms with Gasteiger partial charge in [-0.15, -0.1) is 0 Å². The Hall–Kier alpha value is -1.92. The Morgan fingerprint density at radius 2 is 1.69 bits per heavy atom. The van der Waals surface area contributed by atoms with Crippen molar-refractivity contribution < 1.29 is 23.0 Å². The molecule has 29 heavy (non-hydrogen) atoms. The van der Waals surface area contributed by atoms with Gasteiger partial charge in [0.15, 0.2) is 0 Å². The number of halogens is 6. The quantitative estimate of drug-likeness (QED) is 0.274. The van der Waals surface area contributed by atoms with Crippen LogP contribution in [-0.2, 0) is 6.18 Å². The molecule has 0 amide bonds. The van der Waals surface area contributed by atoms with E-state index < -0.39 is 38.6 Å². The zero-order valence-electron chi connectivity index (χ0n) is 14.5. The van der Waals surface area contributed by atoms with Crippen molar-refractivity contribution in [3.05, 3.63) is 64.0 Å². The highest BCUT2D eigenvalue weighted by Crippen LogP contribution is 2.49. The van der Waals surface area contributed by atoms with Crippen molar-refractivity contribution in [1.29, 1.82) is 0 Å². The van der Waals surface area contributed by atoms with Gasteiger partial charge in [0.1, 0.15) is 5.69 Å². The maximum atomic E-state index is 13.8. The molecule has 2 aromatic rings. The highest BCUT2D eigenvalue weighted by Gasteiger charge is 2.42. The van der Waals surface area contributed by atoms with Crippen molar-refractivity contribution in [3.8, 4) is 0 Å². The van der Waals surface area contributed by atoms with Crippen LogP contribution < -0.4 is 4.90 Å². The summed E-state index contributed by atoms with van der Waals surface area (Å²) in [4.78, 5) is 21.5. The van der Waals surface area contributed by atoms with E-state index in [1.165, 1.54) is 12.1 Å². The van der Waals surface area contributed by atoms with Crippen molar-refractivity contribution in [2.75, 3.05) is 11.4 Å². The predicted molar refractivity (Wildman–Crippen MR) is 109 cm³/mol. The van der Waals surface area contributed by atoms with Crippen molar-refractivity contribution >= 4 is 66.2 Å². The maximum Gasteiger partial charge on any atom is 0.418 e. The SMILES string of the molecule is CCCN(c1c(Cl)cc(Br)cc1Br)c1c([N+](=O)[O-])cc([N+](=O)[O-])cc1C(F)(F)F. The third-order valence-corrected chi connectivity index (χ3v) is 5.11. The summed E-state index contributed by atoms with van der Waals surface area (Å²) in [5, 5.41) is 22.7. The molecule has 0 radical (unpaired) electrons. The molecule has 2 rings (SSSR count). The van der Waals surface area contributed by atoms with Crippen molar-refractivity contribution in [1.82, 2.24) is 0 Å². The van der Waals surface area contributed by atoms with E-state index in [2.05, 4.69) is 31.9 Å². The van der Waals surface area contributed by atoms with Crippen LogP contribution in [0.3, 0.4) is 0 Å². The Morgan fingerprint density at radius 1 is 1.07 bits per heavy atom. The Labute approximate surface area is 184 Å². The van der Waals surface area contributed by atoms with Crippen LogP contribution >= 0.6 is 43.5 Å². The third kappa shape index (κ3) is 4.98. The van der Waals surface area contributed by atoms with E-state index in [-0.39, 0.29) is 27.8 Å². The molecule has 0 fully saturated rings. The van der Waals surface area contributed by atoms with Gasteiger partial charge in [-0.3, -0.25) is 20.2 Å². The average molecular weight is 562 g/mol. The van der Waals surface area contributed by atoms with Crippen LogP contribution in [0.15, 0.2) is 33.2 Å². The summed E-state index contributed by atoms with van der Waals surface area (Å²) in [5.41, 5.74) is -4.34. The lowest BCUT2D eigenvalue weighted by Gasteiger charge is -2.29. The fourth-order valence-corrected chi connectivity index (χ4v) is 4.71. The number of nitro benzene ring substituents is 2. The van der Waals surface area contributed by atoms with Crippen LogP contribution in [0.2, 0.25) is 5.02 Å². The first-order valence-electron chi connectivity index (χ1n) is 7.84. The first-order valence-corrected chi connectivity index (χ1v) is 9.81. The van der Waals surface area contributed by atoms with Gasteiger partial charge in [0.25, 0.3) is 11.4 Å². The molecule has 0 aromatic heterocycles. The summed E-state index contributed by atoms with van der Waals surface area (Å²) in [6.07, 6.45) is -4.78. The second-order valence-corrected chi connectivity index (χ2v) is 7.92. The molecule has 156 valence electrons. The fourth-order valence-electron chi connectivity index (χ4n) is 2.70. The molecule has 0 aliphatic heterocycles. The number of nitrogens with zero attached hydrogens (tertiary/aromatic N) is 3. The predicted octanol–water partition coefficient (Wildman–Crippen LogP) is 7.25. The standard InChI is InChI=1S/C16H11Br2ClF3N3O4/c1-2-3-23(15-11(18)4-8(17)5-12(15)19)14-10(16(20,21)22)6-9(24(26)27)7-13(14)25(28)29/h4-7H,2-3H2,1H3. The molecule has 0 aliphatic rings. The second-order valence-electron chi connectivity index (χ2n) is 5.74. The Kier molecular flexibility index (Phi) is 7.12. The number of non-ortho nitro benzene ring substituents is 1. The van der Waals surface area contributed by atoms with Crippen molar-refractivity contribution in [2.45, 2.75) is 19.5 Å².